The van der Waals surface area contributed by atoms with E-state index in [2.05, 4.69) is 22.7 Å². The fourth-order valence-electron chi connectivity index (χ4n) is 0.850. The lowest BCUT2D eigenvalue weighted by atomic mass is 10.1. The van der Waals surface area contributed by atoms with Crippen LogP contribution < -0.4 is 11.2 Å². The first-order chi connectivity index (χ1) is 6.18. The molecule has 0 saturated carbocycles. The Morgan fingerprint density at radius 1 is 1.85 bits per heavy atom. The van der Waals surface area contributed by atoms with Crippen molar-refractivity contribution >= 4 is 41.6 Å². The number of nitrogens with one attached hydrogen (secondary N) is 1. The molecule has 0 saturated heterocycles. The number of hydrazone groups is 1. The van der Waals surface area contributed by atoms with Crippen LogP contribution in [0.2, 0.25) is 0 Å². The van der Waals surface area contributed by atoms with Crippen molar-refractivity contribution in [2.75, 3.05) is 0 Å². The molecule has 1 aliphatic rings. The maximum atomic E-state index is 10.8. The van der Waals surface area contributed by atoms with Gasteiger partial charge in [-0.15, -0.1) is 11.8 Å². The van der Waals surface area contributed by atoms with Gasteiger partial charge in [-0.3, -0.25) is 5.43 Å². The molecular weight excluding hydrogens is 206 g/mol. The SMILES string of the molecule is NC(=S)NN=CC1(C=O)CC=CS1. The van der Waals surface area contributed by atoms with Crippen molar-refractivity contribution < 1.29 is 4.79 Å². The summed E-state index contributed by atoms with van der Waals surface area (Å²) in [4.78, 5) is 10.8. The normalized spacial score (nSPS) is 26.5. The molecule has 1 aliphatic heterocycles. The predicted molar refractivity (Wildman–Crippen MR) is 58.6 cm³/mol. The number of thiocarbonyl (C=S) groups is 1. The highest BCUT2D eigenvalue weighted by molar-refractivity contribution is 8.05. The average molecular weight is 215 g/mol. The van der Waals surface area contributed by atoms with Crippen LogP contribution in [0.15, 0.2) is 16.6 Å². The number of carbonyl (C=O) groups is 1. The van der Waals surface area contributed by atoms with Crippen LogP contribution in [0.25, 0.3) is 0 Å². The highest BCUT2D eigenvalue weighted by Gasteiger charge is 2.29. The zero-order valence-corrected chi connectivity index (χ0v) is 8.40. The van der Waals surface area contributed by atoms with Gasteiger partial charge in [0.05, 0.1) is 0 Å². The Bertz CT molecular complexity index is 267. The maximum Gasteiger partial charge on any atom is 0.184 e. The molecule has 4 nitrogen and oxygen atoms in total. The number of hydrogen-bond acceptors (Lipinski definition) is 4. The van der Waals surface area contributed by atoms with Crippen LogP contribution in [0.3, 0.4) is 0 Å². The Hall–Kier alpha value is -0.880. The highest BCUT2D eigenvalue weighted by atomic mass is 32.2. The van der Waals surface area contributed by atoms with Gasteiger partial charge in [-0.05, 0) is 24.0 Å². The van der Waals surface area contributed by atoms with Crippen molar-refractivity contribution in [2.45, 2.75) is 11.2 Å². The number of carbonyl (C=O) groups excluding carboxylic acids is 1. The summed E-state index contributed by atoms with van der Waals surface area (Å²) in [6, 6.07) is 0. The van der Waals surface area contributed by atoms with E-state index in [1.54, 1.807) is 0 Å². The van der Waals surface area contributed by atoms with Gasteiger partial charge >= 0.3 is 0 Å². The Kier molecular flexibility index (Phi) is 3.44. The van der Waals surface area contributed by atoms with Crippen molar-refractivity contribution in [3.05, 3.63) is 11.5 Å². The van der Waals surface area contributed by atoms with Crippen molar-refractivity contribution in [3.8, 4) is 0 Å². The van der Waals surface area contributed by atoms with E-state index in [9.17, 15) is 4.79 Å². The number of nitrogens with zero attached hydrogens (tertiary/aromatic N) is 1. The molecule has 1 rings (SSSR count). The third kappa shape index (κ3) is 2.82. The van der Waals surface area contributed by atoms with Gasteiger partial charge in [0.1, 0.15) is 11.0 Å². The van der Waals surface area contributed by atoms with E-state index in [0.29, 0.717) is 6.42 Å². The number of hydrogen-bond donors (Lipinski definition) is 2. The van der Waals surface area contributed by atoms with Gasteiger partial charge in [-0.25, -0.2) is 0 Å². The van der Waals surface area contributed by atoms with Gasteiger partial charge in [0.15, 0.2) is 5.11 Å². The molecule has 0 bridgehead atoms. The van der Waals surface area contributed by atoms with Gasteiger partial charge in [-0.1, -0.05) is 6.08 Å². The molecule has 0 spiro atoms. The first-order valence-electron chi connectivity index (χ1n) is 3.57. The molecule has 13 heavy (non-hydrogen) atoms. The summed E-state index contributed by atoms with van der Waals surface area (Å²) in [5, 5.41) is 5.73. The van der Waals surface area contributed by atoms with E-state index >= 15 is 0 Å². The minimum Gasteiger partial charge on any atom is -0.375 e. The van der Waals surface area contributed by atoms with E-state index in [0.717, 1.165) is 6.29 Å². The molecule has 0 aliphatic carbocycles. The summed E-state index contributed by atoms with van der Waals surface area (Å²) in [6.07, 6.45) is 4.96. The molecule has 0 aromatic heterocycles. The summed E-state index contributed by atoms with van der Waals surface area (Å²) in [5.74, 6) is 0. The van der Waals surface area contributed by atoms with Crippen molar-refractivity contribution in [2.24, 2.45) is 10.8 Å². The summed E-state index contributed by atoms with van der Waals surface area (Å²) in [5.41, 5.74) is 7.57. The second kappa shape index (κ2) is 4.38. The van der Waals surface area contributed by atoms with Crippen LogP contribution in [0.1, 0.15) is 6.42 Å². The number of allylic oxidation sites excluding steroid dienone is 1. The van der Waals surface area contributed by atoms with Gasteiger partial charge in [0.2, 0.25) is 0 Å². The smallest absolute Gasteiger partial charge is 0.184 e. The van der Waals surface area contributed by atoms with Crippen LogP contribution in [0.5, 0.6) is 0 Å². The fourth-order valence-corrected chi connectivity index (χ4v) is 1.71. The van der Waals surface area contributed by atoms with Gasteiger partial charge in [0.25, 0.3) is 0 Å². The molecule has 3 N–H and O–H groups in total. The Morgan fingerprint density at radius 2 is 2.62 bits per heavy atom. The molecule has 0 fully saturated rings. The average Bonchev–Trinajstić information content (AvgIpc) is 2.53. The second-order valence-corrected chi connectivity index (χ2v) is 4.21. The summed E-state index contributed by atoms with van der Waals surface area (Å²) < 4.78 is -0.572. The quantitative estimate of drug-likeness (QED) is 0.308. The van der Waals surface area contributed by atoms with Crippen molar-refractivity contribution in [1.82, 2.24) is 5.43 Å². The predicted octanol–water partition coefficient (Wildman–Crippen LogP) is 0.394. The zero-order chi connectivity index (χ0) is 9.73. The topological polar surface area (TPSA) is 67.5 Å². The van der Waals surface area contributed by atoms with Gasteiger partial charge in [-0.2, -0.15) is 5.10 Å². The lowest BCUT2D eigenvalue weighted by Crippen LogP contribution is -2.29. The molecule has 70 valence electrons. The minimum absolute atomic E-state index is 0.0910. The molecule has 0 aromatic rings. The summed E-state index contributed by atoms with van der Waals surface area (Å²) >= 11 is 5.97. The molecular formula is C7H9N3OS2. The Labute approximate surface area is 85.6 Å². The monoisotopic (exact) mass is 215 g/mol. The summed E-state index contributed by atoms with van der Waals surface area (Å²) in [6.45, 7) is 0. The van der Waals surface area contributed by atoms with E-state index in [1.807, 2.05) is 11.5 Å². The van der Waals surface area contributed by atoms with Crippen LogP contribution in [-0.4, -0.2) is 22.4 Å². The van der Waals surface area contributed by atoms with Crippen LogP contribution in [-0.2, 0) is 4.79 Å². The van der Waals surface area contributed by atoms with E-state index in [4.69, 9.17) is 5.73 Å². The number of rotatable bonds is 3. The van der Waals surface area contributed by atoms with Gasteiger partial charge in [0, 0.05) is 6.21 Å². The van der Waals surface area contributed by atoms with Crippen molar-refractivity contribution in [1.29, 1.82) is 0 Å². The number of nitrogens with two attached hydrogens (primary N) is 1. The molecule has 1 heterocycles. The molecule has 0 amide bonds. The maximum absolute atomic E-state index is 10.8. The van der Waals surface area contributed by atoms with Crippen molar-refractivity contribution in [3.63, 3.8) is 0 Å². The Balaban J connectivity index is 2.54. The van der Waals surface area contributed by atoms with Crippen LogP contribution >= 0.6 is 24.0 Å². The lowest BCUT2D eigenvalue weighted by Gasteiger charge is -2.13. The largest absolute Gasteiger partial charge is 0.375 e. The molecule has 0 aromatic carbocycles. The van der Waals surface area contributed by atoms with Crippen LogP contribution in [0.4, 0.5) is 0 Å². The third-order valence-corrected chi connectivity index (χ3v) is 2.70. The number of aldehydes is 1. The van der Waals surface area contributed by atoms with Crippen LogP contribution in [0, 0.1) is 0 Å². The molecule has 0 radical (unpaired) electrons. The Morgan fingerprint density at radius 3 is 3.08 bits per heavy atom. The van der Waals surface area contributed by atoms with E-state index in [1.165, 1.54) is 18.0 Å². The highest BCUT2D eigenvalue weighted by Crippen LogP contribution is 2.32. The standard InChI is InChI=1S/C7H9N3OS2/c8-6(12)10-9-4-7(5-11)2-1-3-13-7/h1,3-5H,2H2,(H3,8,10,12). The first-order valence-corrected chi connectivity index (χ1v) is 4.86. The zero-order valence-electron chi connectivity index (χ0n) is 6.77. The fraction of sp³-hybridized carbons (Fsp3) is 0.286. The molecule has 1 atom stereocenters. The van der Waals surface area contributed by atoms with Gasteiger partial charge < -0.3 is 10.5 Å². The molecule has 6 heteroatoms. The second-order valence-electron chi connectivity index (χ2n) is 2.50. The third-order valence-electron chi connectivity index (χ3n) is 1.48. The molecule has 1 unspecified atom stereocenters. The number of thioether (sulfide) groups is 1. The van der Waals surface area contributed by atoms with E-state index in [-0.39, 0.29) is 5.11 Å². The first kappa shape index (κ1) is 10.2. The lowest BCUT2D eigenvalue weighted by molar-refractivity contribution is -0.108. The minimum atomic E-state index is -0.572. The van der Waals surface area contributed by atoms with E-state index < -0.39 is 4.75 Å². The summed E-state index contributed by atoms with van der Waals surface area (Å²) in [7, 11) is 0.